The molecule has 92 valence electrons. The Labute approximate surface area is 103 Å². The zero-order valence-electron chi connectivity index (χ0n) is 10.6. The maximum absolute atomic E-state index is 9.40. The van der Waals surface area contributed by atoms with Crippen LogP contribution in [-0.4, -0.2) is 29.8 Å². The van der Waals surface area contributed by atoms with Crippen molar-refractivity contribution in [2.45, 2.75) is 26.3 Å². The summed E-state index contributed by atoms with van der Waals surface area (Å²) < 4.78 is 0. The molecule has 0 aliphatic heterocycles. The molecule has 0 aliphatic rings. The zero-order chi connectivity index (χ0) is 12.8. The van der Waals surface area contributed by atoms with E-state index in [4.69, 9.17) is 5.26 Å². The van der Waals surface area contributed by atoms with Crippen molar-refractivity contribution in [3.8, 4) is 6.07 Å². The number of likely N-dealkylation sites (N-methyl/N-ethyl adjacent to an activating group) is 1. The van der Waals surface area contributed by atoms with E-state index in [0.29, 0.717) is 11.6 Å². The molecule has 4 nitrogen and oxygen atoms in total. The van der Waals surface area contributed by atoms with Gasteiger partial charge in [0.1, 0.15) is 17.6 Å². The van der Waals surface area contributed by atoms with Gasteiger partial charge in [0.05, 0.1) is 12.6 Å². The van der Waals surface area contributed by atoms with E-state index in [9.17, 15) is 5.11 Å². The Morgan fingerprint density at radius 2 is 2.18 bits per heavy atom. The highest BCUT2D eigenvalue weighted by Crippen LogP contribution is 2.17. The maximum atomic E-state index is 9.40. The lowest BCUT2D eigenvalue weighted by atomic mass is 10.0. The predicted octanol–water partition coefficient (Wildman–Crippen LogP) is 1.80. The standard InChI is InChI=1S/C13H19N3O/c1-10(2)7-12(9-17)16(3)13-6-4-5-11(8-14)15-13/h4-6,10,12,17H,7,9H2,1-3H3. The first-order chi connectivity index (χ1) is 8.08. The molecule has 0 saturated heterocycles. The van der Waals surface area contributed by atoms with Crippen molar-refractivity contribution in [3.63, 3.8) is 0 Å². The zero-order valence-corrected chi connectivity index (χ0v) is 10.6. The molecule has 0 aromatic carbocycles. The molecule has 1 unspecified atom stereocenters. The highest BCUT2D eigenvalue weighted by molar-refractivity contribution is 5.41. The van der Waals surface area contributed by atoms with Crippen molar-refractivity contribution in [2.24, 2.45) is 5.92 Å². The number of aliphatic hydroxyl groups is 1. The van der Waals surface area contributed by atoms with Crippen molar-refractivity contribution < 1.29 is 5.11 Å². The van der Waals surface area contributed by atoms with Crippen molar-refractivity contribution in [1.82, 2.24) is 4.98 Å². The van der Waals surface area contributed by atoms with Crippen LogP contribution < -0.4 is 4.90 Å². The summed E-state index contributed by atoms with van der Waals surface area (Å²) in [6.45, 7) is 4.33. The number of hydrogen-bond acceptors (Lipinski definition) is 4. The van der Waals surface area contributed by atoms with E-state index >= 15 is 0 Å². The smallest absolute Gasteiger partial charge is 0.142 e. The first-order valence-electron chi connectivity index (χ1n) is 5.79. The second-order valence-corrected chi connectivity index (χ2v) is 4.57. The fourth-order valence-electron chi connectivity index (χ4n) is 1.77. The average molecular weight is 233 g/mol. The van der Waals surface area contributed by atoms with E-state index in [0.717, 1.165) is 12.2 Å². The van der Waals surface area contributed by atoms with Gasteiger partial charge in [0.15, 0.2) is 0 Å². The Hall–Kier alpha value is -1.60. The molecule has 0 spiro atoms. The third kappa shape index (κ3) is 3.72. The number of aromatic nitrogens is 1. The second kappa shape index (κ2) is 6.21. The van der Waals surface area contributed by atoms with Crippen LogP contribution in [0.2, 0.25) is 0 Å². The molecule has 1 aromatic rings. The van der Waals surface area contributed by atoms with E-state index in [1.807, 2.05) is 24.1 Å². The number of pyridine rings is 1. The summed E-state index contributed by atoms with van der Waals surface area (Å²) in [6.07, 6.45) is 0.894. The Bertz CT molecular complexity index is 398. The topological polar surface area (TPSA) is 60.1 Å². The Kier molecular flexibility index (Phi) is 4.92. The monoisotopic (exact) mass is 233 g/mol. The molecule has 0 radical (unpaired) electrons. The first-order valence-corrected chi connectivity index (χ1v) is 5.79. The quantitative estimate of drug-likeness (QED) is 0.842. The summed E-state index contributed by atoms with van der Waals surface area (Å²) in [5.41, 5.74) is 0.399. The van der Waals surface area contributed by atoms with Gasteiger partial charge in [0.2, 0.25) is 0 Å². The van der Waals surface area contributed by atoms with Gasteiger partial charge >= 0.3 is 0 Å². The molecule has 0 bridgehead atoms. The van der Waals surface area contributed by atoms with Gasteiger partial charge in [0.25, 0.3) is 0 Å². The summed E-state index contributed by atoms with van der Waals surface area (Å²) in [5, 5.41) is 18.2. The summed E-state index contributed by atoms with van der Waals surface area (Å²) in [5.74, 6) is 1.23. The van der Waals surface area contributed by atoms with Crippen LogP contribution in [0.15, 0.2) is 18.2 Å². The van der Waals surface area contributed by atoms with Crippen LogP contribution in [0.4, 0.5) is 5.82 Å². The first kappa shape index (κ1) is 13.5. The molecule has 0 saturated carbocycles. The van der Waals surface area contributed by atoms with Gasteiger partial charge in [-0.05, 0) is 24.5 Å². The van der Waals surface area contributed by atoms with Gasteiger partial charge in [-0.1, -0.05) is 19.9 Å². The number of rotatable bonds is 5. The second-order valence-electron chi connectivity index (χ2n) is 4.57. The van der Waals surface area contributed by atoms with E-state index in [1.165, 1.54) is 0 Å². The van der Waals surface area contributed by atoms with Crippen LogP contribution >= 0.6 is 0 Å². The number of nitriles is 1. The van der Waals surface area contributed by atoms with Crippen LogP contribution in [0.5, 0.6) is 0 Å². The summed E-state index contributed by atoms with van der Waals surface area (Å²) in [6, 6.07) is 7.39. The minimum atomic E-state index is 0.0384. The number of hydrogen-bond donors (Lipinski definition) is 1. The molecule has 1 heterocycles. The third-order valence-electron chi connectivity index (χ3n) is 2.71. The minimum Gasteiger partial charge on any atom is -0.394 e. The largest absolute Gasteiger partial charge is 0.394 e. The molecule has 0 aliphatic carbocycles. The van der Waals surface area contributed by atoms with E-state index in [1.54, 1.807) is 12.1 Å². The molecule has 4 heteroatoms. The lowest BCUT2D eigenvalue weighted by molar-refractivity contribution is 0.245. The van der Waals surface area contributed by atoms with E-state index in [2.05, 4.69) is 18.8 Å². The SMILES string of the molecule is CC(C)CC(CO)N(C)c1cccc(C#N)n1. The molecule has 1 aromatic heterocycles. The lowest BCUT2D eigenvalue weighted by Crippen LogP contribution is -2.36. The van der Waals surface area contributed by atoms with Crippen LogP contribution in [0.3, 0.4) is 0 Å². The molecule has 0 amide bonds. The number of nitrogens with zero attached hydrogens (tertiary/aromatic N) is 3. The van der Waals surface area contributed by atoms with Crippen molar-refractivity contribution in [3.05, 3.63) is 23.9 Å². The van der Waals surface area contributed by atoms with Gasteiger partial charge in [-0.15, -0.1) is 0 Å². The molecular weight excluding hydrogens is 214 g/mol. The molecular formula is C13H19N3O. The number of aliphatic hydroxyl groups excluding tert-OH is 1. The molecule has 1 rings (SSSR count). The maximum Gasteiger partial charge on any atom is 0.142 e. The predicted molar refractivity (Wildman–Crippen MR) is 67.7 cm³/mol. The average Bonchev–Trinajstić information content (AvgIpc) is 2.35. The van der Waals surface area contributed by atoms with Crippen LogP contribution in [0.1, 0.15) is 26.0 Å². The summed E-state index contributed by atoms with van der Waals surface area (Å²) >= 11 is 0. The Balaban J connectivity index is 2.86. The summed E-state index contributed by atoms with van der Waals surface area (Å²) in [4.78, 5) is 6.15. The molecule has 17 heavy (non-hydrogen) atoms. The fourth-order valence-corrected chi connectivity index (χ4v) is 1.77. The molecule has 1 atom stereocenters. The minimum absolute atomic E-state index is 0.0384. The van der Waals surface area contributed by atoms with Crippen LogP contribution in [0, 0.1) is 17.2 Å². The van der Waals surface area contributed by atoms with Crippen molar-refractivity contribution >= 4 is 5.82 Å². The summed E-state index contributed by atoms with van der Waals surface area (Å²) in [7, 11) is 1.90. The molecule has 0 fully saturated rings. The van der Waals surface area contributed by atoms with E-state index < -0.39 is 0 Å². The normalized spacial score (nSPS) is 12.2. The Morgan fingerprint density at radius 3 is 2.71 bits per heavy atom. The van der Waals surface area contributed by atoms with Gasteiger partial charge in [-0.25, -0.2) is 4.98 Å². The van der Waals surface area contributed by atoms with Gasteiger partial charge in [0, 0.05) is 7.05 Å². The highest BCUT2D eigenvalue weighted by Gasteiger charge is 2.16. The van der Waals surface area contributed by atoms with Gasteiger partial charge < -0.3 is 10.0 Å². The van der Waals surface area contributed by atoms with Crippen molar-refractivity contribution in [1.29, 1.82) is 5.26 Å². The third-order valence-corrected chi connectivity index (χ3v) is 2.71. The lowest BCUT2D eigenvalue weighted by Gasteiger charge is -2.28. The van der Waals surface area contributed by atoms with Crippen LogP contribution in [-0.2, 0) is 0 Å². The van der Waals surface area contributed by atoms with Crippen LogP contribution in [0.25, 0.3) is 0 Å². The van der Waals surface area contributed by atoms with Gasteiger partial charge in [-0.2, -0.15) is 5.26 Å². The Morgan fingerprint density at radius 1 is 1.47 bits per heavy atom. The highest BCUT2D eigenvalue weighted by atomic mass is 16.3. The fraction of sp³-hybridized carbons (Fsp3) is 0.538. The molecule has 1 N–H and O–H groups in total. The van der Waals surface area contributed by atoms with E-state index in [-0.39, 0.29) is 12.6 Å². The van der Waals surface area contributed by atoms with Crippen molar-refractivity contribution in [2.75, 3.05) is 18.6 Å². The number of anilines is 1. The van der Waals surface area contributed by atoms with Gasteiger partial charge in [-0.3, -0.25) is 0 Å².